The Bertz CT molecular complexity index is 1700. The van der Waals surface area contributed by atoms with Crippen LogP contribution >= 0.6 is 0 Å². The molecule has 0 bridgehead atoms. The Balaban J connectivity index is 1.99. The van der Waals surface area contributed by atoms with Crippen LogP contribution in [-0.4, -0.2) is 23.7 Å². The van der Waals surface area contributed by atoms with Crippen molar-refractivity contribution in [1.29, 1.82) is 0 Å². The van der Waals surface area contributed by atoms with Crippen LogP contribution in [0.1, 0.15) is 34.0 Å². The number of hydrogen-bond acceptors (Lipinski definition) is 4. The molecule has 0 fully saturated rings. The SMILES string of the molecule is CC(NC(=O)c1ccc(F)c(C(F)(F)F)c1)(c1cccc(OC(F)(F)F)c1)c1cccc(OC(F)(F)F)c1-c1ccc(O)cc1. The minimum atomic E-state index is -5.24. The molecule has 0 spiro atoms. The molecule has 1 unspecified atom stereocenters. The van der Waals surface area contributed by atoms with Gasteiger partial charge >= 0.3 is 18.9 Å². The lowest BCUT2D eigenvalue weighted by molar-refractivity contribution is -0.275. The van der Waals surface area contributed by atoms with E-state index in [9.17, 15) is 53.8 Å². The van der Waals surface area contributed by atoms with Gasteiger partial charge in [-0.2, -0.15) is 13.2 Å². The molecule has 1 amide bonds. The molecule has 2 N–H and O–H groups in total. The van der Waals surface area contributed by atoms with Crippen LogP contribution in [0.5, 0.6) is 17.2 Å². The lowest BCUT2D eigenvalue weighted by Crippen LogP contribution is -2.45. The van der Waals surface area contributed by atoms with Gasteiger partial charge in [0.25, 0.3) is 5.91 Å². The number of phenolic OH excluding ortho intramolecular Hbond substituents is 1. The van der Waals surface area contributed by atoms with Crippen molar-refractivity contribution in [2.24, 2.45) is 0 Å². The predicted molar refractivity (Wildman–Crippen MR) is 139 cm³/mol. The number of nitrogens with one attached hydrogen (secondary N) is 1. The van der Waals surface area contributed by atoms with Gasteiger partial charge in [0.15, 0.2) is 0 Å². The van der Waals surface area contributed by atoms with E-state index in [-0.39, 0.29) is 34.1 Å². The number of rotatable bonds is 7. The van der Waals surface area contributed by atoms with Gasteiger partial charge in [-0.25, -0.2) is 4.39 Å². The fourth-order valence-corrected chi connectivity index (χ4v) is 4.57. The van der Waals surface area contributed by atoms with Gasteiger partial charge in [-0.3, -0.25) is 4.79 Å². The third-order valence-corrected chi connectivity index (χ3v) is 6.49. The molecule has 4 aromatic rings. The van der Waals surface area contributed by atoms with Crippen LogP contribution in [0.4, 0.5) is 43.9 Å². The third-order valence-electron chi connectivity index (χ3n) is 6.49. The molecule has 15 heteroatoms. The summed E-state index contributed by atoms with van der Waals surface area (Å²) < 4.78 is 142. The number of ether oxygens (including phenoxy) is 2. The van der Waals surface area contributed by atoms with E-state index in [0.29, 0.717) is 12.1 Å². The van der Waals surface area contributed by atoms with Crippen molar-refractivity contribution < 1.29 is 63.3 Å². The highest BCUT2D eigenvalue weighted by molar-refractivity contribution is 5.95. The summed E-state index contributed by atoms with van der Waals surface area (Å²) in [5, 5.41) is 12.1. The average molecular weight is 647 g/mol. The molecule has 0 radical (unpaired) electrons. The highest BCUT2D eigenvalue weighted by atomic mass is 19.4. The van der Waals surface area contributed by atoms with Gasteiger partial charge in [0.2, 0.25) is 0 Å². The largest absolute Gasteiger partial charge is 0.573 e. The molecule has 4 rings (SSSR count). The summed E-state index contributed by atoms with van der Waals surface area (Å²) in [7, 11) is 0. The highest BCUT2D eigenvalue weighted by Crippen LogP contribution is 2.44. The lowest BCUT2D eigenvalue weighted by Gasteiger charge is -2.35. The number of carbonyl (C=O) groups excluding carboxylic acids is 1. The number of alkyl halides is 9. The van der Waals surface area contributed by atoms with Crippen molar-refractivity contribution in [3.63, 3.8) is 0 Å². The summed E-state index contributed by atoms with van der Waals surface area (Å²) in [6, 6.07) is 13.1. The van der Waals surface area contributed by atoms with E-state index >= 15 is 0 Å². The molecule has 0 aliphatic carbocycles. The maximum Gasteiger partial charge on any atom is 0.573 e. The Hall–Kier alpha value is -4.95. The molecular formula is C30H19F10NO4. The number of carbonyl (C=O) groups is 1. The highest BCUT2D eigenvalue weighted by Gasteiger charge is 2.40. The Morgan fingerprint density at radius 2 is 1.36 bits per heavy atom. The van der Waals surface area contributed by atoms with Crippen molar-refractivity contribution in [3.8, 4) is 28.4 Å². The quantitative estimate of drug-likeness (QED) is 0.197. The Morgan fingerprint density at radius 3 is 1.96 bits per heavy atom. The molecule has 5 nitrogen and oxygen atoms in total. The molecular weight excluding hydrogens is 628 g/mol. The van der Waals surface area contributed by atoms with Crippen LogP contribution in [0.15, 0.2) is 84.9 Å². The van der Waals surface area contributed by atoms with Crippen LogP contribution in [-0.2, 0) is 11.7 Å². The number of phenols is 1. The first-order valence-corrected chi connectivity index (χ1v) is 12.5. The molecule has 0 aliphatic rings. The van der Waals surface area contributed by atoms with E-state index in [1.54, 1.807) is 0 Å². The first-order chi connectivity index (χ1) is 20.8. The predicted octanol–water partition coefficient (Wildman–Crippen LogP) is 8.71. The van der Waals surface area contributed by atoms with E-state index in [4.69, 9.17) is 0 Å². The van der Waals surface area contributed by atoms with Crippen LogP contribution in [0.2, 0.25) is 0 Å². The summed E-state index contributed by atoms with van der Waals surface area (Å²) in [5.41, 5.74) is -5.48. The van der Waals surface area contributed by atoms with E-state index in [0.717, 1.165) is 42.5 Å². The second-order valence-electron chi connectivity index (χ2n) is 9.62. The zero-order valence-corrected chi connectivity index (χ0v) is 22.5. The fraction of sp³-hybridized carbons (Fsp3) is 0.167. The van der Waals surface area contributed by atoms with Gasteiger partial charge in [0.1, 0.15) is 23.1 Å². The van der Waals surface area contributed by atoms with Gasteiger partial charge in [0.05, 0.1) is 11.1 Å². The minimum absolute atomic E-state index is 0.0213. The molecule has 0 aromatic heterocycles. The molecule has 0 heterocycles. The Labute approximate surface area is 247 Å². The van der Waals surface area contributed by atoms with Crippen molar-refractivity contribution in [2.45, 2.75) is 31.4 Å². The molecule has 4 aromatic carbocycles. The Morgan fingerprint density at radius 1 is 0.733 bits per heavy atom. The smallest absolute Gasteiger partial charge is 0.508 e. The third kappa shape index (κ3) is 7.77. The summed E-state index contributed by atoms with van der Waals surface area (Å²) in [6.07, 6.45) is -15.6. The van der Waals surface area contributed by atoms with E-state index in [2.05, 4.69) is 14.8 Å². The maximum absolute atomic E-state index is 13.9. The lowest BCUT2D eigenvalue weighted by atomic mass is 9.79. The van der Waals surface area contributed by atoms with E-state index in [1.807, 2.05) is 0 Å². The van der Waals surface area contributed by atoms with Gasteiger partial charge in [-0.05, 0) is 72.1 Å². The van der Waals surface area contributed by atoms with Gasteiger partial charge in [-0.15, -0.1) is 26.3 Å². The maximum atomic E-state index is 13.9. The van der Waals surface area contributed by atoms with Crippen molar-refractivity contribution >= 4 is 5.91 Å². The molecule has 0 saturated heterocycles. The Kier molecular flexibility index (Phi) is 8.68. The molecule has 45 heavy (non-hydrogen) atoms. The number of aromatic hydroxyl groups is 1. The summed E-state index contributed by atoms with van der Waals surface area (Å²) >= 11 is 0. The number of amides is 1. The normalized spacial score (nSPS) is 13.6. The number of halogens is 10. The van der Waals surface area contributed by atoms with Gasteiger partial charge in [-0.1, -0.05) is 36.4 Å². The molecule has 238 valence electrons. The summed E-state index contributed by atoms with van der Waals surface area (Å²) in [4.78, 5) is 13.5. The summed E-state index contributed by atoms with van der Waals surface area (Å²) in [6.45, 7) is 1.17. The monoisotopic (exact) mass is 647 g/mol. The topological polar surface area (TPSA) is 67.8 Å². The van der Waals surface area contributed by atoms with Gasteiger partial charge in [0, 0.05) is 11.1 Å². The van der Waals surface area contributed by atoms with E-state index < -0.39 is 58.8 Å². The molecule has 0 aliphatic heterocycles. The first kappa shape index (κ1) is 33.0. The minimum Gasteiger partial charge on any atom is -0.508 e. The van der Waals surface area contributed by atoms with Crippen molar-refractivity contribution in [1.82, 2.24) is 5.32 Å². The van der Waals surface area contributed by atoms with Crippen molar-refractivity contribution in [2.75, 3.05) is 0 Å². The second kappa shape index (κ2) is 11.9. The zero-order valence-electron chi connectivity index (χ0n) is 22.5. The summed E-state index contributed by atoms with van der Waals surface area (Å²) in [5.74, 6) is -4.89. The number of hydrogen-bond donors (Lipinski definition) is 2. The molecule has 0 saturated carbocycles. The van der Waals surface area contributed by atoms with Crippen LogP contribution in [0, 0.1) is 5.82 Å². The van der Waals surface area contributed by atoms with Crippen LogP contribution in [0.3, 0.4) is 0 Å². The zero-order chi connectivity index (χ0) is 33.4. The fourth-order valence-electron chi connectivity index (χ4n) is 4.57. The first-order valence-electron chi connectivity index (χ1n) is 12.5. The van der Waals surface area contributed by atoms with Crippen LogP contribution < -0.4 is 14.8 Å². The van der Waals surface area contributed by atoms with Crippen LogP contribution in [0.25, 0.3) is 11.1 Å². The van der Waals surface area contributed by atoms with E-state index in [1.165, 1.54) is 31.2 Å². The van der Waals surface area contributed by atoms with Crippen molar-refractivity contribution in [3.05, 3.63) is 113 Å². The standard InChI is InChI=1S/C30H19F10NO4/c1-27(18-4-2-5-20(15-18)44-29(35,36)37,41-26(43)17-10-13-23(31)22(14-17)28(32,33)34)21-6-3-7-24(45-30(38,39)40)25(21)16-8-11-19(42)12-9-16/h2-15,42H,1H3,(H,41,43). The average Bonchev–Trinajstić information content (AvgIpc) is 2.91. The molecule has 1 atom stereocenters. The second-order valence-corrected chi connectivity index (χ2v) is 9.62. The van der Waals surface area contributed by atoms with Gasteiger partial charge < -0.3 is 19.9 Å². The number of benzene rings is 4.